The van der Waals surface area contributed by atoms with Gasteiger partial charge in [-0.05, 0) is 0 Å². The van der Waals surface area contributed by atoms with Crippen molar-refractivity contribution in [2.24, 2.45) is 0 Å². The summed E-state index contributed by atoms with van der Waals surface area (Å²) in [5, 5.41) is 0. The lowest BCUT2D eigenvalue weighted by Gasteiger charge is -2.37. The van der Waals surface area contributed by atoms with Crippen LogP contribution in [-0.4, -0.2) is 85.5 Å². The van der Waals surface area contributed by atoms with Crippen LogP contribution >= 0.6 is 0 Å². The first-order valence-corrected chi connectivity index (χ1v) is 10.3. The Morgan fingerprint density at radius 2 is 0.657 bits per heavy atom. The highest BCUT2D eigenvalue weighted by molar-refractivity contribution is 5.70. The zero-order valence-corrected chi connectivity index (χ0v) is 20.5. The smallest absolute Gasteiger partial charge is 0.303 e. The van der Waals surface area contributed by atoms with Crippen LogP contribution in [0.3, 0.4) is 0 Å². The average Bonchev–Trinajstić information content (AvgIpc) is 2.68. The Morgan fingerprint density at radius 1 is 0.400 bits per heavy atom. The van der Waals surface area contributed by atoms with Gasteiger partial charge < -0.3 is 33.2 Å². The Balaban J connectivity index is 6.75. The molecule has 0 radical (unpaired) electrons. The molecule has 0 aliphatic carbocycles. The molecule has 35 heavy (non-hydrogen) atoms. The van der Waals surface area contributed by atoms with Crippen molar-refractivity contribution in [3.8, 4) is 0 Å². The third kappa shape index (κ3) is 13.6. The minimum Gasteiger partial charge on any atom is -0.462 e. The summed E-state index contributed by atoms with van der Waals surface area (Å²) in [4.78, 5) is 81.9. The normalized spacial score (nSPS) is 14.6. The topological polar surface area (TPSA) is 184 Å². The highest BCUT2D eigenvalue weighted by atomic mass is 16.7. The molecule has 0 rings (SSSR count). The molecule has 0 spiro atoms. The molecule has 5 atom stereocenters. The van der Waals surface area contributed by atoms with Crippen molar-refractivity contribution in [1.82, 2.24) is 0 Å². The van der Waals surface area contributed by atoms with E-state index in [9.17, 15) is 33.6 Å². The molecule has 0 bridgehead atoms. The van der Waals surface area contributed by atoms with Gasteiger partial charge in [-0.15, -0.1) is 0 Å². The Bertz CT molecular complexity index is 746. The highest BCUT2D eigenvalue weighted by Crippen LogP contribution is 2.24. The molecule has 198 valence electrons. The van der Waals surface area contributed by atoms with Crippen LogP contribution in [0.4, 0.5) is 0 Å². The van der Waals surface area contributed by atoms with E-state index in [1.165, 1.54) is 0 Å². The van der Waals surface area contributed by atoms with Crippen LogP contribution in [0, 0.1) is 0 Å². The first kappa shape index (κ1) is 31.3. The lowest BCUT2D eigenvalue weighted by Crippen LogP contribution is -2.57. The van der Waals surface area contributed by atoms with Crippen molar-refractivity contribution in [2.75, 3.05) is 13.2 Å². The molecular formula is C21H30O14. The molecule has 0 saturated carbocycles. The van der Waals surface area contributed by atoms with Gasteiger partial charge in [-0.3, -0.25) is 33.6 Å². The second-order valence-electron chi connectivity index (χ2n) is 7.12. The first-order valence-electron chi connectivity index (χ1n) is 10.3. The summed E-state index contributed by atoms with van der Waals surface area (Å²) in [5.41, 5.74) is 0. The molecule has 0 amide bonds. The van der Waals surface area contributed by atoms with Gasteiger partial charge in [0.25, 0.3) is 0 Å². The minimum absolute atomic E-state index is 0.653. The number of rotatable bonds is 13. The van der Waals surface area contributed by atoms with Crippen molar-refractivity contribution < 1.29 is 66.7 Å². The predicted octanol–water partition coefficient (Wildman–Crippen LogP) is -0.229. The van der Waals surface area contributed by atoms with E-state index in [-0.39, 0.29) is 0 Å². The Morgan fingerprint density at radius 3 is 0.886 bits per heavy atom. The van der Waals surface area contributed by atoms with Gasteiger partial charge >= 0.3 is 41.8 Å². The van der Waals surface area contributed by atoms with E-state index in [1.807, 2.05) is 0 Å². The van der Waals surface area contributed by atoms with E-state index >= 15 is 0 Å². The van der Waals surface area contributed by atoms with Gasteiger partial charge in [-0.1, -0.05) is 0 Å². The molecule has 14 nitrogen and oxygen atoms in total. The molecule has 0 aromatic carbocycles. The van der Waals surface area contributed by atoms with Gasteiger partial charge in [-0.25, -0.2) is 0 Å². The zero-order chi connectivity index (χ0) is 27.3. The van der Waals surface area contributed by atoms with Crippen LogP contribution in [0.5, 0.6) is 0 Å². The molecular weight excluding hydrogens is 476 g/mol. The number of carbonyl (C=O) groups excluding carboxylic acids is 7. The largest absolute Gasteiger partial charge is 0.462 e. The monoisotopic (exact) mass is 506 g/mol. The standard InChI is InChI=1S/C21H30O14/c1-10(22)29-8-17(31-12(3)24)19(33-14(5)26)21(35-16(7)28)20(34-15(6)27)18(32-13(4)25)9-30-11(2)23/h17-21H,8-9H2,1-7H3/t17-,18+,19-,20-,21?/m1/s1. The summed E-state index contributed by atoms with van der Waals surface area (Å²) >= 11 is 0. The second-order valence-corrected chi connectivity index (χ2v) is 7.12. The molecule has 14 heteroatoms. The molecule has 0 N–H and O–H groups in total. The van der Waals surface area contributed by atoms with Crippen molar-refractivity contribution in [3.63, 3.8) is 0 Å². The molecule has 0 heterocycles. The minimum atomic E-state index is -1.79. The van der Waals surface area contributed by atoms with E-state index in [1.54, 1.807) is 0 Å². The number of hydrogen-bond acceptors (Lipinski definition) is 14. The molecule has 0 aromatic heterocycles. The summed E-state index contributed by atoms with van der Waals surface area (Å²) in [7, 11) is 0. The van der Waals surface area contributed by atoms with E-state index in [2.05, 4.69) is 0 Å². The highest BCUT2D eigenvalue weighted by Gasteiger charge is 2.48. The molecule has 1 unspecified atom stereocenters. The average molecular weight is 506 g/mol. The summed E-state index contributed by atoms with van der Waals surface area (Å²) in [6.07, 6.45) is -8.39. The molecule has 0 fully saturated rings. The van der Waals surface area contributed by atoms with Gasteiger partial charge in [0.05, 0.1) is 0 Å². The van der Waals surface area contributed by atoms with Crippen LogP contribution in [-0.2, 0) is 66.7 Å². The molecule has 0 aliphatic rings. The van der Waals surface area contributed by atoms with Gasteiger partial charge in [0.1, 0.15) is 13.2 Å². The van der Waals surface area contributed by atoms with Crippen molar-refractivity contribution in [1.29, 1.82) is 0 Å². The number of hydrogen-bond donors (Lipinski definition) is 0. The van der Waals surface area contributed by atoms with Gasteiger partial charge in [0, 0.05) is 48.5 Å². The first-order chi connectivity index (χ1) is 16.1. The summed E-state index contributed by atoms with van der Waals surface area (Å²) in [6.45, 7) is 5.78. The Labute approximate surface area is 201 Å². The summed E-state index contributed by atoms with van der Waals surface area (Å²) in [6, 6.07) is 0. The van der Waals surface area contributed by atoms with Gasteiger partial charge in [0.2, 0.25) is 0 Å². The fraction of sp³-hybridized carbons (Fsp3) is 0.667. The van der Waals surface area contributed by atoms with Crippen LogP contribution in [0.2, 0.25) is 0 Å². The van der Waals surface area contributed by atoms with E-state index in [0.717, 1.165) is 48.5 Å². The lowest BCUT2D eigenvalue weighted by molar-refractivity contribution is -0.216. The predicted molar refractivity (Wildman–Crippen MR) is 111 cm³/mol. The lowest BCUT2D eigenvalue weighted by atomic mass is 9.98. The van der Waals surface area contributed by atoms with E-state index in [4.69, 9.17) is 33.2 Å². The summed E-state index contributed by atoms with van der Waals surface area (Å²) < 4.78 is 35.7. The van der Waals surface area contributed by atoms with Crippen molar-refractivity contribution >= 4 is 41.8 Å². The van der Waals surface area contributed by atoms with Crippen LogP contribution in [0.1, 0.15) is 48.5 Å². The van der Waals surface area contributed by atoms with Gasteiger partial charge in [0.15, 0.2) is 30.5 Å². The molecule has 0 aromatic rings. The summed E-state index contributed by atoms with van der Waals surface area (Å²) in [5.74, 6) is -6.19. The van der Waals surface area contributed by atoms with Crippen LogP contribution in [0.25, 0.3) is 0 Å². The van der Waals surface area contributed by atoms with Crippen molar-refractivity contribution in [2.45, 2.75) is 79.0 Å². The number of esters is 7. The Hall–Kier alpha value is -3.71. The fourth-order valence-corrected chi connectivity index (χ4v) is 2.82. The zero-order valence-electron chi connectivity index (χ0n) is 20.5. The molecule has 0 saturated heterocycles. The third-order valence-electron chi connectivity index (χ3n) is 3.82. The SMILES string of the molecule is CC(=O)OC[C@H](OC(C)=O)[C@@H](OC(C)=O)C(OC(C)=O)[C@H](OC(C)=O)[C@@H](COC(C)=O)OC(C)=O. The Kier molecular flexibility index (Phi) is 13.6. The number of ether oxygens (including phenoxy) is 7. The number of carbonyl (C=O) groups is 7. The third-order valence-corrected chi connectivity index (χ3v) is 3.82. The van der Waals surface area contributed by atoms with Crippen LogP contribution < -0.4 is 0 Å². The van der Waals surface area contributed by atoms with E-state index < -0.39 is 85.5 Å². The maximum atomic E-state index is 12.0. The van der Waals surface area contributed by atoms with Gasteiger partial charge in [-0.2, -0.15) is 0 Å². The van der Waals surface area contributed by atoms with Crippen LogP contribution in [0.15, 0.2) is 0 Å². The fourth-order valence-electron chi connectivity index (χ4n) is 2.82. The maximum Gasteiger partial charge on any atom is 0.303 e. The van der Waals surface area contributed by atoms with Crippen molar-refractivity contribution in [3.05, 3.63) is 0 Å². The second kappa shape index (κ2) is 15.2. The quantitative estimate of drug-likeness (QED) is 0.236. The molecule has 0 aliphatic heterocycles. The van der Waals surface area contributed by atoms with E-state index in [0.29, 0.717) is 0 Å². The maximum absolute atomic E-state index is 12.0.